The molecular weight excluding hydrogens is 641 g/mol. The summed E-state index contributed by atoms with van der Waals surface area (Å²) in [5.74, 6) is 0. The Labute approximate surface area is 308 Å². The first-order valence-electron chi connectivity index (χ1n) is 18.0. The van der Waals surface area contributed by atoms with Crippen LogP contribution in [-0.2, 0) is 0 Å². The Kier molecular flexibility index (Phi) is 7.23. The van der Waals surface area contributed by atoms with E-state index < -0.39 is 0 Å². The minimum absolute atomic E-state index is 0.649. The number of rotatable bonds is 5. The molecule has 0 radical (unpaired) electrons. The molecule has 1 heterocycles. The minimum atomic E-state index is 0.649. The van der Waals surface area contributed by atoms with Gasteiger partial charge in [0.25, 0.3) is 0 Å². The van der Waals surface area contributed by atoms with Crippen molar-refractivity contribution in [3.05, 3.63) is 200 Å². The SMILES string of the molecule is N#Cc1cc(-c2cccc(-n3c4ccccc4c4ccccc43)c2)ccc1-c1cccc(-c2c3ccccc3c(-c3ccccc3)c3ccccc23)c1. The minimum Gasteiger partial charge on any atom is -0.309 e. The highest BCUT2D eigenvalue weighted by Gasteiger charge is 2.18. The van der Waals surface area contributed by atoms with Gasteiger partial charge in [-0.3, -0.25) is 0 Å². The molecule has 10 rings (SSSR count). The van der Waals surface area contributed by atoms with Crippen LogP contribution >= 0.6 is 0 Å². The number of para-hydroxylation sites is 2. The smallest absolute Gasteiger partial charge is 0.0998 e. The number of hydrogen-bond donors (Lipinski definition) is 0. The lowest BCUT2D eigenvalue weighted by Crippen LogP contribution is -1.94. The lowest BCUT2D eigenvalue weighted by molar-refractivity contribution is 1.18. The average Bonchev–Trinajstić information content (AvgIpc) is 3.57. The molecule has 246 valence electrons. The fourth-order valence-corrected chi connectivity index (χ4v) is 8.29. The first-order chi connectivity index (χ1) is 26.3. The summed E-state index contributed by atoms with van der Waals surface area (Å²) in [4.78, 5) is 0. The van der Waals surface area contributed by atoms with Gasteiger partial charge in [-0.25, -0.2) is 0 Å². The normalized spacial score (nSPS) is 11.4. The summed E-state index contributed by atoms with van der Waals surface area (Å²) in [6.07, 6.45) is 0. The van der Waals surface area contributed by atoms with Crippen LogP contribution in [0.5, 0.6) is 0 Å². The molecule has 10 aromatic rings. The van der Waals surface area contributed by atoms with E-state index in [9.17, 15) is 5.26 Å². The number of fused-ring (bicyclic) bond motifs is 5. The van der Waals surface area contributed by atoms with Crippen LogP contribution in [-0.4, -0.2) is 4.57 Å². The van der Waals surface area contributed by atoms with Gasteiger partial charge in [-0.15, -0.1) is 0 Å². The summed E-state index contributed by atoms with van der Waals surface area (Å²) in [5, 5.41) is 17.9. The van der Waals surface area contributed by atoms with E-state index in [-0.39, 0.29) is 0 Å². The summed E-state index contributed by atoms with van der Waals surface area (Å²) in [6, 6.07) is 71.4. The summed E-state index contributed by atoms with van der Waals surface area (Å²) < 4.78 is 2.33. The van der Waals surface area contributed by atoms with Crippen molar-refractivity contribution < 1.29 is 0 Å². The van der Waals surface area contributed by atoms with Crippen LogP contribution < -0.4 is 0 Å². The maximum atomic E-state index is 10.5. The van der Waals surface area contributed by atoms with E-state index in [1.807, 2.05) is 6.07 Å². The molecule has 1 aromatic heterocycles. The summed E-state index contributed by atoms with van der Waals surface area (Å²) in [7, 11) is 0. The zero-order valence-electron chi connectivity index (χ0n) is 28.9. The maximum Gasteiger partial charge on any atom is 0.0998 e. The molecule has 0 saturated carbocycles. The van der Waals surface area contributed by atoms with Gasteiger partial charge in [0.05, 0.1) is 22.7 Å². The quantitative estimate of drug-likeness (QED) is 0.167. The third-order valence-electron chi connectivity index (χ3n) is 10.6. The molecule has 0 amide bonds. The van der Waals surface area contributed by atoms with Gasteiger partial charge >= 0.3 is 0 Å². The molecule has 0 saturated heterocycles. The third kappa shape index (κ3) is 5.02. The molecule has 2 nitrogen and oxygen atoms in total. The van der Waals surface area contributed by atoms with Crippen LogP contribution in [0.15, 0.2) is 194 Å². The molecular formula is C51H32N2. The van der Waals surface area contributed by atoms with Gasteiger partial charge in [-0.1, -0.05) is 158 Å². The monoisotopic (exact) mass is 672 g/mol. The van der Waals surface area contributed by atoms with E-state index in [2.05, 4.69) is 199 Å². The largest absolute Gasteiger partial charge is 0.309 e. The van der Waals surface area contributed by atoms with Gasteiger partial charge < -0.3 is 4.57 Å². The van der Waals surface area contributed by atoms with Crippen LogP contribution in [0.3, 0.4) is 0 Å². The molecule has 0 unspecified atom stereocenters. The summed E-state index contributed by atoms with van der Waals surface area (Å²) in [6.45, 7) is 0. The van der Waals surface area contributed by atoms with Crippen LogP contribution in [0.25, 0.3) is 93.5 Å². The van der Waals surface area contributed by atoms with Gasteiger partial charge in [-0.2, -0.15) is 5.26 Å². The molecule has 0 aliphatic carbocycles. The second-order valence-electron chi connectivity index (χ2n) is 13.6. The number of hydrogen-bond acceptors (Lipinski definition) is 1. The fourth-order valence-electron chi connectivity index (χ4n) is 8.29. The maximum absolute atomic E-state index is 10.5. The molecule has 0 fully saturated rings. The zero-order valence-corrected chi connectivity index (χ0v) is 28.9. The molecule has 0 bridgehead atoms. The molecule has 9 aromatic carbocycles. The Bertz CT molecular complexity index is 2960. The number of nitrogens with zero attached hydrogens (tertiary/aromatic N) is 2. The predicted octanol–water partition coefficient (Wildman–Crippen LogP) is 13.6. The summed E-state index contributed by atoms with van der Waals surface area (Å²) in [5.41, 5.74) is 12.9. The lowest BCUT2D eigenvalue weighted by atomic mass is 9.85. The first-order valence-corrected chi connectivity index (χ1v) is 18.0. The van der Waals surface area contributed by atoms with Crippen molar-refractivity contribution in [2.75, 3.05) is 0 Å². The van der Waals surface area contributed by atoms with Gasteiger partial charge in [0, 0.05) is 16.5 Å². The van der Waals surface area contributed by atoms with E-state index in [1.54, 1.807) is 0 Å². The van der Waals surface area contributed by atoms with Crippen LogP contribution in [0.1, 0.15) is 5.56 Å². The average molecular weight is 673 g/mol. The molecule has 2 heteroatoms. The Morgan fingerprint density at radius 3 is 1.43 bits per heavy atom. The van der Waals surface area contributed by atoms with E-state index in [4.69, 9.17) is 0 Å². The fraction of sp³-hybridized carbons (Fsp3) is 0. The zero-order chi connectivity index (χ0) is 35.3. The highest BCUT2D eigenvalue weighted by atomic mass is 15.0. The van der Waals surface area contributed by atoms with E-state index in [0.29, 0.717) is 5.56 Å². The van der Waals surface area contributed by atoms with Crippen molar-refractivity contribution in [2.24, 2.45) is 0 Å². The lowest BCUT2D eigenvalue weighted by Gasteiger charge is -2.18. The van der Waals surface area contributed by atoms with Crippen molar-refractivity contribution >= 4 is 43.4 Å². The Morgan fingerprint density at radius 2 is 0.811 bits per heavy atom. The Hall–Kier alpha value is -7.21. The molecule has 0 N–H and O–H groups in total. The first kappa shape index (κ1) is 30.6. The highest BCUT2D eigenvalue weighted by Crippen LogP contribution is 2.44. The van der Waals surface area contributed by atoms with Crippen LogP contribution in [0.4, 0.5) is 0 Å². The van der Waals surface area contributed by atoms with Crippen molar-refractivity contribution in [3.63, 3.8) is 0 Å². The van der Waals surface area contributed by atoms with E-state index >= 15 is 0 Å². The van der Waals surface area contributed by atoms with Crippen LogP contribution in [0.2, 0.25) is 0 Å². The predicted molar refractivity (Wildman–Crippen MR) is 222 cm³/mol. The molecule has 0 atom stereocenters. The second kappa shape index (κ2) is 12.5. The van der Waals surface area contributed by atoms with E-state index in [0.717, 1.165) is 33.5 Å². The molecule has 0 aliphatic heterocycles. The van der Waals surface area contributed by atoms with Gasteiger partial charge in [0.15, 0.2) is 0 Å². The van der Waals surface area contributed by atoms with Crippen LogP contribution in [0, 0.1) is 11.3 Å². The number of benzene rings is 9. The standard InChI is InChI=1S/C51H32N2/c52-33-39-30-36(35-16-13-19-40(32-35)53-48-26-10-8-20-42(48)43-21-9-11-27-49(43)53)28-29-41(39)37-17-12-18-38(31-37)51-46-24-6-4-22-44(46)50(34-14-2-1-3-15-34)45-23-5-7-25-47(45)51/h1-32H. The van der Waals surface area contributed by atoms with Crippen molar-refractivity contribution in [1.29, 1.82) is 5.26 Å². The second-order valence-corrected chi connectivity index (χ2v) is 13.6. The number of nitriles is 1. The van der Waals surface area contributed by atoms with Gasteiger partial charge in [-0.05, 0) is 102 Å². The van der Waals surface area contributed by atoms with E-state index in [1.165, 1.54) is 60.0 Å². The number of aromatic nitrogens is 1. The van der Waals surface area contributed by atoms with Gasteiger partial charge in [0.2, 0.25) is 0 Å². The Balaban J connectivity index is 1.09. The summed E-state index contributed by atoms with van der Waals surface area (Å²) >= 11 is 0. The molecule has 0 spiro atoms. The topological polar surface area (TPSA) is 28.7 Å². The third-order valence-corrected chi connectivity index (χ3v) is 10.6. The molecule has 0 aliphatic rings. The highest BCUT2D eigenvalue weighted by molar-refractivity contribution is 6.21. The van der Waals surface area contributed by atoms with Crippen molar-refractivity contribution in [3.8, 4) is 56.3 Å². The Morgan fingerprint density at radius 1 is 0.340 bits per heavy atom. The van der Waals surface area contributed by atoms with Crippen molar-refractivity contribution in [2.45, 2.75) is 0 Å². The molecule has 53 heavy (non-hydrogen) atoms. The van der Waals surface area contributed by atoms with Gasteiger partial charge in [0.1, 0.15) is 0 Å². The van der Waals surface area contributed by atoms with Crippen molar-refractivity contribution in [1.82, 2.24) is 4.57 Å².